The van der Waals surface area contributed by atoms with E-state index in [0.29, 0.717) is 0 Å². The molecule has 10 heteroatoms. The molecule has 2 N–H and O–H groups in total. The van der Waals surface area contributed by atoms with Crippen molar-refractivity contribution in [3.05, 3.63) is 48.0 Å². The van der Waals surface area contributed by atoms with E-state index >= 15 is 0 Å². The molecule has 0 saturated carbocycles. The lowest BCUT2D eigenvalue weighted by Gasteiger charge is -2.14. The van der Waals surface area contributed by atoms with E-state index in [4.69, 9.17) is 10.3 Å². The molecular weight excluding hydrogens is 346 g/mol. The minimum atomic E-state index is -0.718. The normalized spacial score (nSPS) is 25.1. The van der Waals surface area contributed by atoms with Gasteiger partial charge >= 0.3 is 5.69 Å². The van der Waals surface area contributed by atoms with Gasteiger partial charge in [0.15, 0.2) is 0 Å². The minimum absolute atomic E-state index is 0.235. The number of ether oxygens (including phenoxy) is 1. The molecule has 1 aromatic rings. The number of aromatic nitrogens is 2. The number of hydrogen-bond acceptors (Lipinski definition) is 5. The molecule has 0 bridgehead atoms. The summed E-state index contributed by atoms with van der Waals surface area (Å²) in [7, 11) is 0. The Hall–Kier alpha value is -1.87. The van der Waals surface area contributed by atoms with Crippen molar-refractivity contribution in [1.82, 2.24) is 9.55 Å². The Morgan fingerprint density at radius 3 is 3.05 bits per heavy atom. The van der Waals surface area contributed by atoms with Crippen LogP contribution in [0.3, 0.4) is 0 Å². The first-order chi connectivity index (χ1) is 10.1. The van der Waals surface area contributed by atoms with Gasteiger partial charge in [-0.3, -0.25) is 14.3 Å². The number of nitrogens with zero attached hydrogens (tertiary/aromatic N) is 4. The van der Waals surface area contributed by atoms with Crippen LogP contribution in [0.2, 0.25) is 0 Å². The molecule has 1 aliphatic rings. The SMILES string of the molecule is [N-]=[N+]=N[C@H]1C[C@H](n2cc(C=CBr)c(=O)[nH]c2=O)O[C@@H]1CO. The summed E-state index contributed by atoms with van der Waals surface area (Å²) in [5.41, 5.74) is 7.61. The van der Waals surface area contributed by atoms with Gasteiger partial charge in [0.05, 0.1) is 24.3 Å². The van der Waals surface area contributed by atoms with E-state index in [0.717, 1.165) is 0 Å². The lowest BCUT2D eigenvalue weighted by molar-refractivity contribution is -0.0271. The van der Waals surface area contributed by atoms with Crippen LogP contribution in [0.15, 0.2) is 25.9 Å². The number of aliphatic hydroxyl groups excluding tert-OH is 1. The zero-order chi connectivity index (χ0) is 15.4. The predicted octanol–water partition coefficient (Wildman–Crippen LogP) is 0.861. The van der Waals surface area contributed by atoms with Crippen molar-refractivity contribution in [2.45, 2.75) is 24.8 Å². The number of rotatable bonds is 4. The van der Waals surface area contributed by atoms with Crippen LogP contribution in [0.4, 0.5) is 0 Å². The summed E-state index contributed by atoms with van der Waals surface area (Å²) in [6, 6.07) is -0.570. The Balaban J connectivity index is 2.39. The molecule has 0 amide bonds. The van der Waals surface area contributed by atoms with Gasteiger partial charge in [-0.1, -0.05) is 21.0 Å². The third-order valence-corrected chi connectivity index (χ3v) is 3.40. The molecule has 9 nitrogen and oxygen atoms in total. The summed E-state index contributed by atoms with van der Waals surface area (Å²) in [6.45, 7) is -0.327. The molecule has 3 atom stereocenters. The smallest absolute Gasteiger partial charge is 0.330 e. The second-order valence-corrected chi connectivity index (χ2v) is 4.89. The summed E-state index contributed by atoms with van der Waals surface area (Å²) >= 11 is 3.06. The Morgan fingerprint density at radius 2 is 2.43 bits per heavy atom. The zero-order valence-electron chi connectivity index (χ0n) is 10.7. The first kappa shape index (κ1) is 15.5. The highest BCUT2D eigenvalue weighted by Gasteiger charge is 2.35. The van der Waals surface area contributed by atoms with E-state index in [1.165, 1.54) is 21.8 Å². The Kier molecular flexibility index (Phi) is 4.97. The molecule has 0 aliphatic carbocycles. The molecule has 1 saturated heterocycles. The van der Waals surface area contributed by atoms with Crippen LogP contribution >= 0.6 is 15.9 Å². The van der Waals surface area contributed by atoms with Crippen LogP contribution in [0.25, 0.3) is 16.5 Å². The fraction of sp³-hybridized carbons (Fsp3) is 0.455. The van der Waals surface area contributed by atoms with Crippen molar-refractivity contribution in [2.75, 3.05) is 6.61 Å². The molecule has 0 spiro atoms. The second kappa shape index (κ2) is 6.72. The number of aliphatic hydroxyl groups is 1. The Bertz CT molecular complexity index is 705. The van der Waals surface area contributed by atoms with Gasteiger partial charge in [-0.25, -0.2) is 4.79 Å². The molecule has 1 fully saturated rings. The van der Waals surface area contributed by atoms with Crippen LogP contribution in [0, 0.1) is 0 Å². The summed E-state index contributed by atoms with van der Waals surface area (Å²) in [6.07, 6.45) is 1.68. The van der Waals surface area contributed by atoms with E-state index in [1.54, 1.807) is 0 Å². The highest BCUT2D eigenvalue weighted by atomic mass is 79.9. The maximum Gasteiger partial charge on any atom is 0.330 e. The number of halogens is 1. The van der Waals surface area contributed by atoms with E-state index in [2.05, 4.69) is 30.9 Å². The van der Waals surface area contributed by atoms with E-state index < -0.39 is 29.6 Å². The first-order valence-electron chi connectivity index (χ1n) is 6.03. The van der Waals surface area contributed by atoms with Crippen molar-refractivity contribution in [3.8, 4) is 0 Å². The summed E-state index contributed by atoms with van der Waals surface area (Å²) in [5, 5.41) is 12.8. The predicted molar refractivity (Wildman–Crippen MR) is 77.8 cm³/mol. The average Bonchev–Trinajstić information content (AvgIpc) is 2.85. The molecule has 112 valence electrons. The summed E-state index contributed by atoms with van der Waals surface area (Å²) < 4.78 is 6.71. The molecule has 1 aromatic heterocycles. The standard InChI is InChI=1S/C11H12BrN5O4/c12-2-1-6-4-17(11(20)14-10(6)19)9-3-7(15-16-13)8(5-18)21-9/h1-2,4,7-9,18H,3,5H2,(H,14,19,20)/t7-,8+,9+/m0/s1. The molecule has 0 unspecified atom stereocenters. The average molecular weight is 358 g/mol. The van der Waals surface area contributed by atoms with E-state index in [9.17, 15) is 14.7 Å². The highest BCUT2D eigenvalue weighted by molar-refractivity contribution is 9.11. The van der Waals surface area contributed by atoms with Gasteiger partial charge in [0.25, 0.3) is 5.56 Å². The highest BCUT2D eigenvalue weighted by Crippen LogP contribution is 2.29. The van der Waals surface area contributed by atoms with E-state index in [-0.39, 0.29) is 18.6 Å². The third kappa shape index (κ3) is 3.24. The minimum Gasteiger partial charge on any atom is -0.394 e. The maximum atomic E-state index is 11.9. The van der Waals surface area contributed by atoms with E-state index in [1.807, 2.05) is 0 Å². The quantitative estimate of drug-likeness (QED) is 0.469. The first-order valence-corrected chi connectivity index (χ1v) is 6.95. The molecule has 1 aliphatic heterocycles. The largest absolute Gasteiger partial charge is 0.394 e. The van der Waals surface area contributed by atoms with Crippen molar-refractivity contribution < 1.29 is 9.84 Å². The number of aromatic amines is 1. The van der Waals surface area contributed by atoms with Crippen LogP contribution < -0.4 is 11.2 Å². The van der Waals surface area contributed by atoms with Gasteiger partial charge in [-0.15, -0.1) is 0 Å². The number of H-pyrrole nitrogens is 1. The Labute approximate surface area is 126 Å². The molecule has 0 aromatic carbocycles. The molecular formula is C11H12BrN5O4. The molecule has 21 heavy (non-hydrogen) atoms. The van der Waals surface area contributed by atoms with Crippen LogP contribution in [-0.4, -0.2) is 33.4 Å². The Morgan fingerprint density at radius 1 is 1.67 bits per heavy atom. The number of hydrogen-bond donors (Lipinski definition) is 2. The molecule has 2 heterocycles. The van der Waals surface area contributed by atoms with Gasteiger partial charge in [0.1, 0.15) is 6.23 Å². The van der Waals surface area contributed by atoms with Gasteiger partial charge in [-0.05, 0) is 16.6 Å². The van der Waals surface area contributed by atoms with Crippen molar-refractivity contribution in [1.29, 1.82) is 0 Å². The van der Waals surface area contributed by atoms with Crippen molar-refractivity contribution in [3.63, 3.8) is 0 Å². The monoisotopic (exact) mass is 357 g/mol. The lowest BCUT2D eigenvalue weighted by atomic mass is 10.1. The van der Waals surface area contributed by atoms with Crippen molar-refractivity contribution >= 4 is 22.0 Å². The third-order valence-electron chi connectivity index (χ3n) is 3.13. The maximum absolute atomic E-state index is 11.9. The zero-order valence-corrected chi connectivity index (χ0v) is 12.3. The van der Waals surface area contributed by atoms with Gasteiger partial charge in [-0.2, -0.15) is 0 Å². The van der Waals surface area contributed by atoms with Crippen LogP contribution in [-0.2, 0) is 4.74 Å². The van der Waals surface area contributed by atoms with Gasteiger partial charge < -0.3 is 9.84 Å². The molecule has 2 rings (SSSR count). The van der Waals surface area contributed by atoms with Gasteiger partial charge in [0.2, 0.25) is 0 Å². The van der Waals surface area contributed by atoms with Crippen molar-refractivity contribution in [2.24, 2.45) is 5.11 Å². The fourth-order valence-electron chi connectivity index (χ4n) is 2.14. The van der Waals surface area contributed by atoms with Gasteiger partial charge in [0, 0.05) is 17.5 Å². The topological polar surface area (TPSA) is 133 Å². The second-order valence-electron chi connectivity index (χ2n) is 4.36. The number of nitrogens with one attached hydrogen (secondary N) is 1. The summed E-state index contributed by atoms with van der Waals surface area (Å²) in [5.74, 6) is 0. The molecule has 0 radical (unpaired) electrons. The lowest BCUT2D eigenvalue weighted by Crippen LogP contribution is -2.33. The number of azide groups is 1. The summed E-state index contributed by atoms with van der Waals surface area (Å²) in [4.78, 5) is 29.8. The van der Waals surface area contributed by atoms with Crippen LogP contribution in [0.1, 0.15) is 18.2 Å². The van der Waals surface area contributed by atoms with Crippen LogP contribution in [0.5, 0.6) is 0 Å². The fourth-order valence-corrected chi connectivity index (χ4v) is 2.42.